The summed E-state index contributed by atoms with van der Waals surface area (Å²) in [4.78, 5) is 15.8. The normalized spacial score (nSPS) is 10.4. The summed E-state index contributed by atoms with van der Waals surface area (Å²) in [5, 5.41) is 12.1. The standard InChI is InChI=1S/C15H17ClN2O4S/c1-21-12-6-10(17-7-11-8-18-15(16)23-11)5-9(14(12)22-2)3-4-13(19)20/h5-6,8,17H,3-4,7H2,1-2H3,(H,19,20). The smallest absolute Gasteiger partial charge is 0.303 e. The van der Waals surface area contributed by atoms with E-state index in [0.29, 0.717) is 28.9 Å². The average Bonchev–Trinajstić information content (AvgIpc) is 2.95. The van der Waals surface area contributed by atoms with E-state index in [0.717, 1.165) is 16.1 Å². The number of hydrogen-bond acceptors (Lipinski definition) is 6. The molecular weight excluding hydrogens is 340 g/mol. The number of halogens is 1. The van der Waals surface area contributed by atoms with Crippen molar-refractivity contribution in [3.05, 3.63) is 33.2 Å². The second-order valence-corrected chi connectivity index (χ2v) is 6.40. The molecule has 1 aromatic heterocycles. The number of nitrogens with zero attached hydrogens (tertiary/aromatic N) is 1. The Balaban J connectivity index is 2.20. The third-order valence-corrected chi connectivity index (χ3v) is 4.27. The summed E-state index contributed by atoms with van der Waals surface area (Å²) in [6, 6.07) is 3.68. The van der Waals surface area contributed by atoms with Gasteiger partial charge in [0.2, 0.25) is 0 Å². The minimum Gasteiger partial charge on any atom is -0.493 e. The minimum absolute atomic E-state index is 0.0213. The van der Waals surface area contributed by atoms with Crippen LogP contribution in [0.25, 0.3) is 0 Å². The molecule has 0 atom stereocenters. The van der Waals surface area contributed by atoms with Crippen LogP contribution in [-0.2, 0) is 17.8 Å². The van der Waals surface area contributed by atoms with E-state index in [1.165, 1.54) is 18.4 Å². The molecule has 0 bridgehead atoms. The summed E-state index contributed by atoms with van der Waals surface area (Å²) in [5.74, 6) is 0.254. The molecule has 6 nitrogen and oxygen atoms in total. The molecule has 1 heterocycles. The number of ether oxygens (including phenoxy) is 2. The molecule has 2 N–H and O–H groups in total. The first-order valence-electron chi connectivity index (χ1n) is 6.84. The lowest BCUT2D eigenvalue weighted by Gasteiger charge is -2.15. The molecule has 0 radical (unpaired) electrons. The summed E-state index contributed by atoms with van der Waals surface area (Å²) in [6.07, 6.45) is 2.09. The van der Waals surface area contributed by atoms with Crippen molar-refractivity contribution in [1.29, 1.82) is 0 Å². The van der Waals surface area contributed by atoms with E-state index in [-0.39, 0.29) is 6.42 Å². The van der Waals surface area contributed by atoms with Crippen LogP contribution >= 0.6 is 22.9 Å². The van der Waals surface area contributed by atoms with Crippen molar-refractivity contribution in [3.8, 4) is 11.5 Å². The Morgan fingerprint density at radius 2 is 2.17 bits per heavy atom. The molecule has 2 aromatic rings. The number of aromatic nitrogens is 1. The molecule has 1 aromatic carbocycles. The second kappa shape index (κ2) is 8.03. The van der Waals surface area contributed by atoms with E-state index in [4.69, 9.17) is 26.2 Å². The van der Waals surface area contributed by atoms with E-state index in [9.17, 15) is 4.79 Å². The number of methoxy groups -OCH3 is 2. The molecule has 23 heavy (non-hydrogen) atoms. The molecule has 0 spiro atoms. The Kier molecular flexibility index (Phi) is 6.06. The van der Waals surface area contributed by atoms with Gasteiger partial charge in [0.15, 0.2) is 16.0 Å². The number of benzene rings is 1. The summed E-state index contributed by atoms with van der Waals surface area (Å²) in [5.41, 5.74) is 1.59. The quantitative estimate of drug-likeness (QED) is 0.754. The van der Waals surface area contributed by atoms with Gasteiger partial charge in [-0.2, -0.15) is 0 Å². The highest BCUT2D eigenvalue weighted by Crippen LogP contribution is 2.35. The molecule has 0 unspecified atom stereocenters. The molecule has 8 heteroatoms. The van der Waals surface area contributed by atoms with Crippen LogP contribution in [-0.4, -0.2) is 30.3 Å². The van der Waals surface area contributed by atoms with Gasteiger partial charge < -0.3 is 19.9 Å². The third-order valence-electron chi connectivity index (χ3n) is 3.16. The fourth-order valence-corrected chi connectivity index (χ4v) is 3.04. The zero-order valence-electron chi connectivity index (χ0n) is 12.8. The first-order valence-corrected chi connectivity index (χ1v) is 8.03. The highest BCUT2D eigenvalue weighted by molar-refractivity contribution is 7.15. The minimum atomic E-state index is -0.858. The van der Waals surface area contributed by atoms with Crippen LogP contribution in [0.3, 0.4) is 0 Å². The Bertz CT molecular complexity index is 690. The number of anilines is 1. The lowest BCUT2D eigenvalue weighted by atomic mass is 10.1. The third kappa shape index (κ3) is 4.74. The van der Waals surface area contributed by atoms with Crippen LogP contribution in [0, 0.1) is 0 Å². The molecule has 0 fully saturated rings. The molecule has 2 rings (SSSR count). The lowest BCUT2D eigenvalue weighted by molar-refractivity contribution is -0.136. The van der Waals surface area contributed by atoms with Crippen LogP contribution in [0.15, 0.2) is 18.3 Å². The molecular formula is C15H17ClN2O4S. The Morgan fingerprint density at radius 1 is 1.39 bits per heavy atom. The van der Waals surface area contributed by atoms with Gasteiger partial charge in [-0.05, 0) is 12.5 Å². The Morgan fingerprint density at radius 3 is 2.74 bits per heavy atom. The van der Waals surface area contributed by atoms with Crippen molar-refractivity contribution >= 4 is 34.6 Å². The summed E-state index contributed by atoms with van der Waals surface area (Å²) < 4.78 is 11.2. The summed E-state index contributed by atoms with van der Waals surface area (Å²) >= 11 is 7.21. The maximum atomic E-state index is 10.8. The van der Waals surface area contributed by atoms with E-state index in [1.807, 2.05) is 12.1 Å². The van der Waals surface area contributed by atoms with Crippen molar-refractivity contribution < 1.29 is 19.4 Å². The highest BCUT2D eigenvalue weighted by atomic mass is 35.5. The maximum Gasteiger partial charge on any atom is 0.303 e. The number of hydrogen-bond donors (Lipinski definition) is 2. The number of rotatable bonds is 8. The Labute approximate surface area is 143 Å². The molecule has 0 amide bonds. The van der Waals surface area contributed by atoms with Gasteiger partial charge in [0, 0.05) is 34.8 Å². The zero-order valence-corrected chi connectivity index (χ0v) is 14.3. The van der Waals surface area contributed by atoms with E-state index in [1.54, 1.807) is 13.3 Å². The van der Waals surface area contributed by atoms with E-state index in [2.05, 4.69) is 10.3 Å². The van der Waals surface area contributed by atoms with Crippen LogP contribution < -0.4 is 14.8 Å². The number of aryl methyl sites for hydroxylation is 1. The van der Waals surface area contributed by atoms with Gasteiger partial charge in [-0.25, -0.2) is 4.98 Å². The number of carboxylic acids is 1. The second-order valence-electron chi connectivity index (χ2n) is 4.70. The zero-order chi connectivity index (χ0) is 16.8. The molecule has 0 aliphatic heterocycles. The fraction of sp³-hybridized carbons (Fsp3) is 0.333. The van der Waals surface area contributed by atoms with E-state index < -0.39 is 5.97 Å². The topological polar surface area (TPSA) is 80.7 Å². The molecule has 0 saturated carbocycles. The number of nitrogens with one attached hydrogen (secondary N) is 1. The molecule has 0 aliphatic rings. The van der Waals surface area contributed by atoms with E-state index >= 15 is 0 Å². The van der Waals surface area contributed by atoms with Gasteiger partial charge >= 0.3 is 5.97 Å². The van der Waals surface area contributed by atoms with Crippen molar-refractivity contribution in [2.45, 2.75) is 19.4 Å². The monoisotopic (exact) mass is 356 g/mol. The number of carbonyl (C=O) groups is 1. The van der Waals surface area contributed by atoms with Crippen molar-refractivity contribution in [1.82, 2.24) is 4.98 Å². The molecule has 0 saturated heterocycles. The van der Waals surface area contributed by atoms with Gasteiger partial charge in [-0.15, -0.1) is 11.3 Å². The highest BCUT2D eigenvalue weighted by Gasteiger charge is 2.14. The Hall–Kier alpha value is -1.99. The van der Waals surface area contributed by atoms with Crippen LogP contribution in [0.5, 0.6) is 11.5 Å². The largest absolute Gasteiger partial charge is 0.493 e. The van der Waals surface area contributed by atoms with Gasteiger partial charge in [0.25, 0.3) is 0 Å². The van der Waals surface area contributed by atoms with Crippen molar-refractivity contribution in [2.75, 3.05) is 19.5 Å². The number of thiazole rings is 1. The SMILES string of the molecule is COc1cc(NCc2cnc(Cl)s2)cc(CCC(=O)O)c1OC. The van der Waals surface area contributed by atoms with Crippen molar-refractivity contribution in [2.24, 2.45) is 0 Å². The van der Waals surface area contributed by atoms with Gasteiger partial charge in [-0.1, -0.05) is 11.6 Å². The van der Waals surface area contributed by atoms with Crippen LogP contribution in [0.1, 0.15) is 16.9 Å². The lowest BCUT2D eigenvalue weighted by Crippen LogP contribution is -2.04. The summed E-state index contributed by atoms with van der Waals surface area (Å²) in [6.45, 7) is 0.568. The van der Waals surface area contributed by atoms with Gasteiger partial charge in [0.1, 0.15) is 0 Å². The number of aliphatic carboxylic acids is 1. The predicted octanol–water partition coefficient (Wildman–Crippen LogP) is 3.44. The molecule has 0 aliphatic carbocycles. The number of carboxylic acid groups (broad SMARTS) is 1. The maximum absolute atomic E-state index is 10.8. The first kappa shape index (κ1) is 17.4. The predicted molar refractivity (Wildman–Crippen MR) is 90.0 cm³/mol. The van der Waals surface area contributed by atoms with Gasteiger partial charge in [-0.3, -0.25) is 4.79 Å². The van der Waals surface area contributed by atoms with Gasteiger partial charge in [0.05, 0.1) is 20.8 Å². The van der Waals surface area contributed by atoms with Crippen LogP contribution in [0.4, 0.5) is 5.69 Å². The van der Waals surface area contributed by atoms with Crippen molar-refractivity contribution in [3.63, 3.8) is 0 Å². The molecule has 124 valence electrons. The fourth-order valence-electron chi connectivity index (χ4n) is 2.13. The first-order chi connectivity index (χ1) is 11.0. The van der Waals surface area contributed by atoms with Crippen LogP contribution in [0.2, 0.25) is 4.47 Å². The average molecular weight is 357 g/mol. The summed E-state index contributed by atoms with van der Waals surface area (Å²) in [7, 11) is 3.08.